The maximum atomic E-state index is 10.9. The topological polar surface area (TPSA) is 134 Å². The van der Waals surface area contributed by atoms with Gasteiger partial charge in [0.1, 0.15) is 17.5 Å². The SMILES string of the molecule is CC(C)(C)OC(=O)NCCC=O.CC(C)(C)OC(=O)NCCCO.OF. The summed E-state index contributed by atoms with van der Waals surface area (Å²) in [7, 11) is 0. The van der Waals surface area contributed by atoms with Crippen molar-refractivity contribution in [1.82, 2.24) is 10.6 Å². The Morgan fingerprint density at radius 1 is 0.923 bits per heavy atom. The summed E-state index contributed by atoms with van der Waals surface area (Å²) in [5.41, 5.74) is -0.936. The Morgan fingerprint density at radius 2 is 1.31 bits per heavy atom. The third kappa shape index (κ3) is 30.0. The molecule has 0 fully saturated rings. The first-order valence-electron chi connectivity index (χ1n) is 8.06. The zero-order valence-electron chi connectivity index (χ0n) is 16.4. The molecule has 156 valence electrons. The van der Waals surface area contributed by atoms with Crippen LogP contribution in [0.3, 0.4) is 0 Å². The number of alkyl carbamates (subject to hydrolysis) is 2. The van der Waals surface area contributed by atoms with Crippen LogP contribution >= 0.6 is 0 Å². The average Bonchev–Trinajstić information content (AvgIpc) is 2.47. The quantitative estimate of drug-likeness (QED) is 0.405. The highest BCUT2D eigenvalue weighted by Gasteiger charge is 2.15. The Kier molecular flexibility index (Phi) is 18.3. The van der Waals surface area contributed by atoms with E-state index in [9.17, 15) is 14.4 Å². The van der Waals surface area contributed by atoms with Gasteiger partial charge in [-0.05, 0) is 48.0 Å². The first-order valence-corrected chi connectivity index (χ1v) is 8.06. The smallest absolute Gasteiger partial charge is 0.407 e. The highest BCUT2D eigenvalue weighted by molar-refractivity contribution is 5.68. The largest absolute Gasteiger partial charge is 0.444 e. The van der Waals surface area contributed by atoms with Gasteiger partial charge in [0.25, 0.3) is 0 Å². The predicted octanol–water partition coefficient (Wildman–Crippen LogP) is 1.86. The molecular formula is C16H33FN2O7. The number of halogens is 1. The van der Waals surface area contributed by atoms with E-state index < -0.39 is 23.4 Å². The molecule has 0 aromatic rings. The highest BCUT2D eigenvalue weighted by Crippen LogP contribution is 2.06. The minimum absolute atomic E-state index is 0.0792. The van der Waals surface area contributed by atoms with Crippen molar-refractivity contribution in [2.45, 2.75) is 65.6 Å². The molecule has 2 amide bonds. The van der Waals surface area contributed by atoms with E-state index in [2.05, 4.69) is 10.6 Å². The van der Waals surface area contributed by atoms with Crippen LogP contribution in [0.2, 0.25) is 0 Å². The monoisotopic (exact) mass is 384 g/mol. The van der Waals surface area contributed by atoms with Crippen LogP contribution in [0.25, 0.3) is 0 Å². The van der Waals surface area contributed by atoms with Gasteiger partial charge in [-0.15, -0.1) is 0 Å². The van der Waals surface area contributed by atoms with Crippen LogP contribution in [0.1, 0.15) is 54.4 Å². The molecule has 0 radical (unpaired) electrons. The molecule has 0 aromatic carbocycles. The van der Waals surface area contributed by atoms with Gasteiger partial charge >= 0.3 is 12.2 Å². The summed E-state index contributed by atoms with van der Waals surface area (Å²) in [5, 5.41) is 18.9. The van der Waals surface area contributed by atoms with Crippen LogP contribution in [0.15, 0.2) is 0 Å². The average molecular weight is 384 g/mol. The fourth-order valence-electron chi connectivity index (χ4n) is 1.13. The van der Waals surface area contributed by atoms with Gasteiger partial charge in [-0.25, -0.2) is 14.9 Å². The van der Waals surface area contributed by atoms with Crippen molar-refractivity contribution in [3.05, 3.63) is 0 Å². The number of aliphatic hydroxyl groups excluding tert-OH is 1. The van der Waals surface area contributed by atoms with Gasteiger partial charge in [-0.3, -0.25) is 0 Å². The number of aliphatic hydroxyl groups is 1. The number of nitrogens with one attached hydrogen (secondary N) is 2. The third-order valence-electron chi connectivity index (χ3n) is 1.93. The van der Waals surface area contributed by atoms with E-state index >= 15 is 0 Å². The van der Waals surface area contributed by atoms with Crippen LogP contribution < -0.4 is 10.6 Å². The van der Waals surface area contributed by atoms with E-state index in [0.717, 1.165) is 6.29 Å². The minimum Gasteiger partial charge on any atom is -0.444 e. The number of aldehydes is 1. The number of carbonyl (C=O) groups excluding carboxylic acids is 3. The molecule has 0 atom stereocenters. The molecule has 0 aliphatic carbocycles. The van der Waals surface area contributed by atoms with Crippen LogP contribution in [0, 0.1) is 0 Å². The van der Waals surface area contributed by atoms with Gasteiger partial charge in [0.2, 0.25) is 0 Å². The molecule has 0 aromatic heterocycles. The normalized spacial score (nSPS) is 10.2. The molecule has 26 heavy (non-hydrogen) atoms. The lowest BCUT2D eigenvalue weighted by Crippen LogP contribution is -2.33. The molecule has 0 unspecified atom stereocenters. The first-order chi connectivity index (χ1) is 11.9. The Labute approximate surface area is 154 Å². The molecule has 0 heterocycles. The second-order valence-corrected chi connectivity index (χ2v) is 6.89. The van der Waals surface area contributed by atoms with Gasteiger partial charge in [0.05, 0.1) is 0 Å². The summed E-state index contributed by atoms with van der Waals surface area (Å²) < 4.78 is 18.4. The van der Waals surface area contributed by atoms with Crippen molar-refractivity contribution in [2.75, 3.05) is 19.7 Å². The zero-order chi connectivity index (χ0) is 21.2. The maximum Gasteiger partial charge on any atom is 0.407 e. The zero-order valence-corrected chi connectivity index (χ0v) is 16.4. The van der Waals surface area contributed by atoms with E-state index in [1.54, 1.807) is 41.5 Å². The van der Waals surface area contributed by atoms with Crippen molar-refractivity contribution >= 4 is 18.5 Å². The number of rotatable bonds is 6. The molecule has 9 nitrogen and oxygen atoms in total. The Balaban J connectivity index is -0.000000371. The Morgan fingerprint density at radius 3 is 1.62 bits per heavy atom. The fourth-order valence-corrected chi connectivity index (χ4v) is 1.13. The number of amides is 2. The van der Waals surface area contributed by atoms with E-state index in [4.69, 9.17) is 24.4 Å². The predicted molar refractivity (Wildman–Crippen MR) is 94.2 cm³/mol. The molecule has 10 heteroatoms. The summed E-state index contributed by atoms with van der Waals surface area (Å²) in [6.45, 7) is 11.6. The third-order valence-corrected chi connectivity index (χ3v) is 1.93. The first kappa shape index (κ1) is 28.8. The molecule has 4 N–H and O–H groups in total. The number of hydrogen-bond acceptors (Lipinski definition) is 7. The number of ether oxygens (including phenoxy) is 2. The second kappa shape index (κ2) is 16.5. The van der Waals surface area contributed by atoms with Crippen molar-refractivity contribution in [3.63, 3.8) is 0 Å². The molecule has 0 rings (SSSR count). The summed E-state index contributed by atoms with van der Waals surface area (Å²) in [5.74, 6) is 0. The second-order valence-electron chi connectivity index (χ2n) is 6.89. The Hall–Kier alpha value is -1.94. The van der Waals surface area contributed by atoms with Crippen LogP contribution in [-0.2, 0) is 14.3 Å². The lowest BCUT2D eigenvalue weighted by molar-refractivity contribution is -0.107. The molecule has 0 bridgehead atoms. The summed E-state index contributed by atoms with van der Waals surface area (Å²) in [6.07, 6.45) is 0.704. The highest BCUT2D eigenvalue weighted by atomic mass is 19.3. The van der Waals surface area contributed by atoms with Crippen LogP contribution in [-0.4, -0.2) is 59.8 Å². The van der Waals surface area contributed by atoms with Gasteiger partial charge in [0.15, 0.2) is 0 Å². The van der Waals surface area contributed by atoms with Crippen LogP contribution in [0.5, 0.6) is 0 Å². The summed E-state index contributed by atoms with van der Waals surface area (Å²) in [6, 6.07) is 0. The number of carbonyl (C=O) groups is 3. The van der Waals surface area contributed by atoms with Gasteiger partial charge < -0.3 is 30.0 Å². The Bertz CT molecular complexity index is 380. The van der Waals surface area contributed by atoms with E-state index in [1.165, 1.54) is 0 Å². The molecular weight excluding hydrogens is 351 g/mol. The molecule has 0 saturated heterocycles. The maximum absolute atomic E-state index is 10.9. The van der Waals surface area contributed by atoms with Crippen molar-refractivity contribution < 1.29 is 38.8 Å². The molecule has 0 aliphatic rings. The van der Waals surface area contributed by atoms with Crippen molar-refractivity contribution in [1.29, 1.82) is 0 Å². The number of hydrogen-bond donors (Lipinski definition) is 4. The van der Waals surface area contributed by atoms with E-state index in [-0.39, 0.29) is 6.61 Å². The van der Waals surface area contributed by atoms with Crippen molar-refractivity contribution in [2.24, 2.45) is 0 Å². The van der Waals surface area contributed by atoms with Gasteiger partial charge in [-0.2, -0.15) is 0 Å². The van der Waals surface area contributed by atoms with Gasteiger partial charge in [0, 0.05) is 26.1 Å². The fraction of sp³-hybridized carbons (Fsp3) is 0.812. The van der Waals surface area contributed by atoms with Gasteiger partial charge in [-0.1, -0.05) is 4.53 Å². The molecule has 0 aliphatic heterocycles. The lowest BCUT2D eigenvalue weighted by atomic mass is 10.2. The molecule has 0 spiro atoms. The minimum atomic E-state index is -0.482. The van der Waals surface area contributed by atoms with Crippen LogP contribution in [0.4, 0.5) is 14.1 Å². The van der Waals surface area contributed by atoms with Crippen molar-refractivity contribution in [3.8, 4) is 0 Å². The standard InChI is InChI=1S/C8H17NO3.C8H15NO3.FHO/c2*1-8(2,3)12-7(11)9-5-4-6-10;1-2/h10H,4-6H2,1-3H3,(H,9,11);6H,4-5H2,1-3H3,(H,9,11);2H. The van der Waals surface area contributed by atoms with E-state index in [0.29, 0.717) is 25.9 Å². The summed E-state index contributed by atoms with van der Waals surface area (Å²) >= 11 is 0. The lowest BCUT2D eigenvalue weighted by Gasteiger charge is -2.19. The van der Waals surface area contributed by atoms with E-state index in [1.807, 2.05) is 0 Å². The summed E-state index contributed by atoms with van der Waals surface area (Å²) in [4.78, 5) is 31.7. The molecule has 0 saturated carbocycles.